The molecule has 0 aliphatic rings. The molecule has 1 aromatic carbocycles. The highest BCUT2D eigenvalue weighted by Gasteiger charge is 2.31. The van der Waals surface area contributed by atoms with Gasteiger partial charge in [-0.05, 0) is 24.3 Å². The van der Waals surface area contributed by atoms with Crippen molar-refractivity contribution in [1.29, 1.82) is 0 Å². The van der Waals surface area contributed by atoms with Crippen LogP contribution in [0.5, 0.6) is 0 Å². The van der Waals surface area contributed by atoms with Gasteiger partial charge in [-0.3, -0.25) is 0 Å². The molecule has 8 nitrogen and oxygen atoms in total. The zero-order chi connectivity index (χ0) is 17.6. The largest absolute Gasteiger partial charge is 0.466 e. The van der Waals surface area contributed by atoms with Crippen molar-refractivity contribution in [1.82, 2.24) is 0 Å². The van der Waals surface area contributed by atoms with Gasteiger partial charge in [0.25, 0.3) is 16.1 Å². The van der Waals surface area contributed by atoms with Crippen LogP contribution in [0, 0.1) is 0 Å². The first-order valence-electron chi connectivity index (χ1n) is 6.10. The van der Waals surface area contributed by atoms with Crippen LogP contribution in [0.15, 0.2) is 33.6 Å². The zero-order valence-corrected chi connectivity index (χ0v) is 14.1. The number of nitrogens with zero attached hydrogens (tertiary/aromatic N) is 1. The first-order valence-corrected chi connectivity index (χ1v) is 7.92. The smallest absolute Gasteiger partial charge is 0.359 e. The van der Waals surface area contributed by atoms with Crippen LogP contribution >= 0.6 is 11.6 Å². The molecule has 0 fully saturated rings. The van der Waals surface area contributed by atoms with Crippen molar-refractivity contribution < 1.29 is 32.2 Å². The highest BCUT2D eigenvalue weighted by Crippen LogP contribution is 2.16. The highest BCUT2D eigenvalue weighted by atomic mass is 35.5. The molecule has 0 heterocycles. The van der Waals surface area contributed by atoms with Gasteiger partial charge in [-0.25, -0.2) is 9.59 Å². The maximum atomic E-state index is 12.1. The number of esters is 2. The molecular weight excluding hydrogens is 350 g/mol. The van der Waals surface area contributed by atoms with Gasteiger partial charge in [0.15, 0.2) is 5.90 Å². The standard InChI is InChI=1S/C13H14ClNO7S/c1-8(22-11(12(16)20-2)13(17)21-3)15-23(18,19)10-6-4-9(14)5-7-10/h4-7,11H,1-3H3/b15-8-. The lowest BCUT2D eigenvalue weighted by Crippen LogP contribution is -2.36. The molecule has 126 valence electrons. The first kappa shape index (κ1) is 18.9. The van der Waals surface area contributed by atoms with Crippen LogP contribution in [-0.2, 0) is 33.8 Å². The van der Waals surface area contributed by atoms with E-state index in [-0.39, 0.29) is 4.90 Å². The quantitative estimate of drug-likeness (QED) is 0.334. The molecule has 0 amide bonds. The van der Waals surface area contributed by atoms with Crippen molar-refractivity contribution in [2.45, 2.75) is 17.9 Å². The molecule has 0 atom stereocenters. The van der Waals surface area contributed by atoms with Crippen molar-refractivity contribution in [3.63, 3.8) is 0 Å². The van der Waals surface area contributed by atoms with E-state index in [4.69, 9.17) is 16.3 Å². The monoisotopic (exact) mass is 363 g/mol. The van der Waals surface area contributed by atoms with E-state index in [1.165, 1.54) is 31.2 Å². The summed E-state index contributed by atoms with van der Waals surface area (Å²) < 4.78 is 41.2. The van der Waals surface area contributed by atoms with Crippen molar-refractivity contribution in [2.24, 2.45) is 4.40 Å². The van der Waals surface area contributed by atoms with Gasteiger partial charge in [-0.1, -0.05) is 11.6 Å². The Kier molecular flexibility index (Phi) is 6.52. The maximum absolute atomic E-state index is 12.1. The molecule has 10 heteroatoms. The third kappa shape index (κ3) is 5.22. The van der Waals surface area contributed by atoms with E-state index < -0.39 is 34.0 Å². The minimum atomic E-state index is -4.09. The zero-order valence-electron chi connectivity index (χ0n) is 12.5. The summed E-state index contributed by atoms with van der Waals surface area (Å²) in [6.45, 7) is 1.17. The molecule has 0 saturated heterocycles. The number of methoxy groups -OCH3 is 2. The summed E-state index contributed by atoms with van der Waals surface area (Å²) in [5.74, 6) is -2.52. The SMILES string of the molecule is COC(=O)C(O/C(C)=N\S(=O)(=O)c1ccc(Cl)cc1)C(=O)OC. The van der Waals surface area contributed by atoms with E-state index in [0.29, 0.717) is 5.02 Å². The minimum absolute atomic E-state index is 0.127. The second-order valence-electron chi connectivity index (χ2n) is 4.08. The first-order chi connectivity index (χ1) is 10.7. The van der Waals surface area contributed by atoms with Crippen LogP contribution in [0.1, 0.15) is 6.92 Å². The van der Waals surface area contributed by atoms with E-state index in [9.17, 15) is 18.0 Å². The van der Waals surface area contributed by atoms with E-state index in [1.807, 2.05) is 0 Å². The Hall–Kier alpha value is -2.13. The fraction of sp³-hybridized carbons (Fsp3) is 0.308. The van der Waals surface area contributed by atoms with Crippen LogP contribution in [0.25, 0.3) is 0 Å². The fourth-order valence-corrected chi connectivity index (χ4v) is 2.52. The van der Waals surface area contributed by atoms with Crippen LogP contribution < -0.4 is 0 Å². The lowest BCUT2D eigenvalue weighted by atomic mass is 10.3. The van der Waals surface area contributed by atoms with Gasteiger partial charge >= 0.3 is 11.9 Å². The van der Waals surface area contributed by atoms with Gasteiger partial charge in [0, 0.05) is 11.9 Å². The third-order valence-electron chi connectivity index (χ3n) is 2.48. The molecule has 1 aromatic rings. The molecule has 0 spiro atoms. The molecule has 0 unspecified atom stereocenters. The number of carbonyl (C=O) groups is 2. The number of hydrogen-bond acceptors (Lipinski definition) is 7. The minimum Gasteiger partial charge on any atom is -0.466 e. The van der Waals surface area contributed by atoms with Gasteiger partial charge in [-0.15, -0.1) is 4.40 Å². The number of rotatable bonds is 5. The molecule has 1 rings (SSSR count). The van der Waals surface area contributed by atoms with Gasteiger partial charge in [0.2, 0.25) is 0 Å². The molecule has 0 radical (unpaired) electrons. The summed E-state index contributed by atoms with van der Waals surface area (Å²) in [7, 11) is -2.01. The summed E-state index contributed by atoms with van der Waals surface area (Å²) in [5.41, 5.74) is 0. The number of hydrogen-bond donors (Lipinski definition) is 0. The number of halogens is 1. The third-order valence-corrected chi connectivity index (χ3v) is 4.10. The van der Waals surface area contributed by atoms with Crippen molar-refractivity contribution >= 4 is 39.5 Å². The van der Waals surface area contributed by atoms with Crippen LogP contribution in [0.4, 0.5) is 0 Å². The Morgan fingerprint density at radius 2 is 1.57 bits per heavy atom. The van der Waals surface area contributed by atoms with Crippen molar-refractivity contribution in [2.75, 3.05) is 14.2 Å². The Morgan fingerprint density at radius 1 is 1.09 bits per heavy atom. The van der Waals surface area contributed by atoms with E-state index in [1.54, 1.807) is 0 Å². The average molecular weight is 364 g/mol. The van der Waals surface area contributed by atoms with Crippen LogP contribution in [0.3, 0.4) is 0 Å². The van der Waals surface area contributed by atoms with Crippen molar-refractivity contribution in [3.05, 3.63) is 29.3 Å². The summed E-state index contributed by atoms with van der Waals surface area (Å²) >= 11 is 5.68. The normalized spacial score (nSPS) is 12.0. The molecule has 0 saturated carbocycles. The Morgan fingerprint density at radius 3 is 2.00 bits per heavy atom. The van der Waals surface area contributed by atoms with Gasteiger partial charge in [0.05, 0.1) is 19.1 Å². The summed E-state index contributed by atoms with van der Waals surface area (Å²) in [5, 5.41) is 0.359. The van der Waals surface area contributed by atoms with Gasteiger partial charge in [-0.2, -0.15) is 8.42 Å². The summed E-state index contributed by atoms with van der Waals surface area (Å²) in [6, 6.07) is 5.27. The summed E-state index contributed by atoms with van der Waals surface area (Å²) in [4.78, 5) is 22.8. The second-order valence-corrected chi connectivity index (χ2v) is 6.12. The molecular formula is C13H14ClNO7S. The van der Waals surface area contributed by atoms with E-state index in [2.05, 4.69) is 13.9 Å². The van der Waals surface area contributed by atoms with Crippen LogP contribution in [-0.4, -0.2) is 46.6 Å². The number of ether oxygens (including phenoxy) is 3. The lowest BCUT2D eigenvalue weighted by molar-refractivity contribution is -0.164. The molecule has 0 N–H and O–H groups in total. The average Bonchev–Trinajstić information content (AvgIpc) is 2.51. The predicted octanol–water partition coefficient (Wildman–Crippen LogP) is 1.18. The number of carbonyl (C=O) groups excluding carboxylic acids is 2. The van der Waals surface area contributed by atoms with Crippen LogP contribution in [0.2, 0.25) is 5.02 Å². The predicted molar refractivity (Wildman–Crippen MR) is 80.7 cm³/mol. The second kappa shape index (κ2) is 7.93. The molecule has 0 aliphatic heterocycles. The van der Waals surface area contributed by atoms with Gasteiger partial charge < -0.3 is 14.2 Å². The van der Waals surface area contributed by atoms with Crippen molar-refractivity contribution in [3.8, 4) is 0 Å². The molecule has 0 aromatic heterocycles. The topological polar surface area (TPSA) is 108 Å². The Bertz CT molecular complexity index is 696. The van der Waals surface area contributed by atoms with E-state index in [0.717, 1.165) is 14.2 Å². The highest BCUT2D eigenvalue weighted by molar-refractivity contribution is 7.90. The fourth-order valence-electron chi connectivity index (χ4n) is 1.43. The molecule has 0 bridgehead atoms. The maximum Gasteiger partial charge on any atom is 0.359 e. The van der Waals surface area contributed by atoms with E-state index >= 15 is 0 Å². The number of benzene rings is 1. The molecule has 0 aliphatic carbocycles. The van der Waals surface area contributed by atoms with Gasteiger partial charge in [0.1, 0.15) is 0 Å². The lowest BCUT2D eigenvalue weighted by Gasteiger charge is -2.14. The number of sulfonamides is 1. The molecule has 23 heavy (non-hydrogen) atoms. The summed E-state index contributed by atoms with van der Waals surface area (Å²) in [6.07, 6.45) is -1.77. The Labute approximate surface area is 138 Å². The Balaban J connectivity index is 3.03.